The van der Waals surface area contributed by atoms with Crippen LogP contribution < -0.4 is 5.32 Å². The molecule has 0 aliphatic rings. The van der Waals surface area contributed by atoms with Crippen molar-refractivity contribution in [3.8, 4) is 0 Å². The minimum Gasteiger partial charge on any atom is -0.320 e. The molecular weight excluding hydrogens is 312 g/mol. The van der Waals surface area contributed by atoms with Gasteiger partial charge in [-0.1, -0.05) is 29.1 Å². The van der Waals surface area contributed by atoms with Gasteiger partial charge in [0.1, 0.15) is 9.22 Å². The van der Waals surface area contributed by atoms with Gasteiger partial charge in [-0.05, 0) is 31.7 Å². The van der Waals surface area contributed by atoms with Crippen LogP contribution in [0.15, 0.2) is 28.7 Å². The van der Waals surface area contributed by atoms with E-state index in [1.54, 1.807) is 12.3 Å². The molecule has 2 rings (SSSR count). The third-order valence-corrected chi connectivity index (χ3v) is 6.31. The molecule has 106 valence electrons. The average molecular weight is 327 g/mol. The third-order valence-electron chi connectivity index (χ3n) is 2.80. The fraction of sp³-hybridized carbons (Fsp3) is 0.214. The molecule has 0 bridgehead atoms. The molecule has 1 aromatic carbocycles. The van der Waals surface area contributed by atoms with E-state index in [1.165, 1.54) is 11.3 Å². The van der Waals surface area contributed by atoms with Crippen molar-refractivity contribution in [2.45, 2.75) is 18.2 Å². The number of nitrogens with zero attached hydrogens (tertiary/aromatic N) is 1. The number of rotatable bonds is 3. The predicted molar refractivity (Wildman–Crippen MR) is 89.8 cm³/mol. The van der Waals surface area contributed by atoms with E-state index in [0.29, 0.717) is 15.6 Å². The third kappa shape index (κ3) is 3.29. The number of amides is 1. The molecule has 1 atom stereocenters. The summed E-state index contributed by atoms with van der Waals surface area (Å²) in [7, 11) is -0.0150. The van der Waals surface area contributed by atoms with Gasteiger partial charge in [-0.15, -0.1) is 21.8 Å². The molecule has 1 amide bonds. The summed E-state index contributed by atoms with van der Waals surface area (Å²) in [4.78, 5) is 17.1. The number of aryl methyl sites for hydroxylation is 1. The Balaban J connectivity index is 2.23. The van der Waals surface area contributed by atoms with Gasteiger partial charge < -0.3 is 5.32 Å². The average Bonchev–Trinajstić information content (AvgIpc) is 2.92. The van der Waals surface area contributed by atoms with Crippen molar-refractivity contribution < 1.29 is 4.79 Å². The molecule has 0 aliphatic carbocycles. The van der Waals surface area contributed by atoms with Crippen LogP contribution >= 0.6 is 33.4 Å². The highest BCUT2D eigenvalue weighted by Gasteiger charge is 2.13. The van der Waals surface area contributed by atoms with E-state index < -0.39 is 0 Å². The van der Waals surface area contributed by atoms with Crippen molar-refractivity contribution in [3.63, 3.8) is 0 Å². The zero-order chi connectivity index (χ0) is 14.7. The summed E-state index contributed by atoms with van der Waals surface area (Å²) in [5, 5.41) is 5.48. The lowest BCUT2D eigenvalue weighted by Gasteiger charge is -2.08. The zero-order valence-electron chi connectivity index (χ0n) is 11.4. The number of benzene rings is 1. The van der Waals surface area contributed by atoms with E-state index >= 15 is 0 Å². The first-order valence-electron chi connectivity index (χ1n) is 5.99. The Morgan fingerprint density at radius 2 is 2.25 bits per heavy atom. The smallest absolute Gasteiger partial charge is 0.267 e. The predicted octanol–water partition coefficient (Wildman–Crippen LogP) is 4.44. The highest BCUT2D eigenvalue weighted by Crippen LogP contribution is 2.29. The van der Waals surface area contributed by atoms with E-state index in [1.807, 2.05) is 26.0 Å². The monoisotopic (exact) mass is 326 g/mol. The summed E-state index contributed by atoms with van der Waals surface area (Å²) in [6, 6.07) is 5.53. The van der Waals surface area contributed by atoms with Crippen molar-refractivity contribution in [2.24, 2.45) is 0 Å². The second-order valence-electron chi connectivity index (χ2n) is 4.17. The Hall–Kier alpha value is -1.17. The van der Waals surface area contributed by atoms with Crippen LogP contribution in [-0.2, 0) is 0 Å². The lowest BCUT2D eigenvalue weighted by atomic mass is 10.2. The minimum absolute atomic E-state index is 0.0150. The summed E-state index contributed by atoms with van der Waals surface area (Å²) in [6.07, 6.45) is 3.70. The molecule has 2 aromatic rings. The highest BCUT2D eigenvalue weighted by molar-refractivity contribution is 8.15. The summed E-state index contributed by atoms with van der Waals surface area (Å²) in [6.45, 7) is 3.91. The number of hydrogen-bond acceptors (Lipinski definition) is 3. The van der Waals surface area contributed by atoms with Crippen molar-refractivity contribution in [3.05, 3.63) is 39.9 Å². The molecule has 1 aromatic heterocycles. The van der Waals surface area contributed by atoms with Crippen LogP contribution in [0.4, 0.5) is 5.69 Å². The Kier molecular flexibility index (Phi) is 4.96. The lowest BCUT2D eigenvalue weighted by molar-refractivity contribution is 0.103. The minimum atomic E-state index is -0.168. The van der Waals surface area contributed by atoms with Crippen molar-refractivity contribution in [2.75, 3.05) is 11.6 Å². The molecule has 20 heavy (non-hydrogen) atoms. The highest BCUT2D eigenvalue weighted by atomic mass is 35.5. The van der Waals surface area contributed by atoms with Crippen molar-refractivity contribution in [1.29, 1.82) is 0 Å². The first-order chi connectivity index (χ1) is 9.52. The summed E-state index contributed by atoms with van der Waals surface area (Å²) in [5.74, 6) is -0.168. The molecule has 3 nitrogen and oxygen atoms in total. The molecule has 1 heterocycles. The number of para-hydroxylation sites is 1. The number of carbonyl (C=O) groups excluding carboxylic acids is 1. The zero-order valence-corrected chi connectivity index (χ0v) is 13.8. The number of hydrogen-bond donors (Lipinski definition) is 1. The van der Waals surface area contributed by atoms with Crippen LogP contribution in [0.25, 0.3) is 0 Å². The molecular formula is C14H15ClN2OS2. The van der Waals surface area contributed by atoms with Crippen LogP contribution in [-0.4, -0.2) is 22.5 Å². The molecule has 0 spiro atoms. The van der Waals surface area contributed by atoms with Gasteiger partial charge in [0.25, 0.3) is 5.91 Å². The molecule has 0 aliphatic heterocycles. The van der Waals surface area contributed by atoms with E-state index in [9.17, 15) is 4.79 Å². The van der Waals surface area contributed by atoms with Gasteiger partial charge in [0, 0.05) is 0 Å². The maximum Gasteiger partial charge on any atom is 0.267 e. The SMILES string of the molecule is CC=S(C)c1ncc(C(=O)Nc2c(C)cccc2Cl)s1. The Bertz CT molecular complexity index is 659. The standard InChI is InChI=1S/C14H15ClN2OS2/c1-4-20(3)14-16-8-11(19-14)13(18)17-12-9(2)6-5-7-10(12)15/h4-8H,1-3H3,(H,17,18). The van der Waals surface area contributed by atoms with Crippen LogP contribution in [0.5, 0.6) is 0 Å². The van der Waals surface area contributed by atoms with E-state index in [-0.39, 0.29) is 16.4 Å². The molecule has 0 saturated heterocycles. The van der Waals surface area contributed by atoms with Gasteiger partial charge in [-0.25, -0.2) is 4.98 Å². The molecule has 1 N–H and O–H groups in total. The second kappa shape index (κ2) is 6.52. The number of halogens is 1. The van der Waals surface area contributed by atoms with E-state index in [2.05, 4.69) is 21.9 Å². The van der Waals surface area contributed by atoms with Gasteiger partial charge in [-0.2, -0.15) is 0 Å². The second-order valence-corrected chi connectivity index (χ2v) is 7.84. The Morgan fingerprint density at radius 1 is 1.50 bits per heavy atom. The fourth-order valence-electron chi connectivity index (χ4n) is 1.58. The van der Waals surface area contributed by atoms with Gasteiger partial charge in [-0.3, -0.25) is 4.79 Å². The van der Waals surface area contributed by atoms with Crippen molar-refractivity contribution in [1.82, 2.24) is 4.98 Å². The maximum absolute atomic E-state index is 12.2. The molecule has 0 radical (unpaired) electrons. The fourth-order valence-corrected chi connectivity index (χ4v) is 3.89. The summed E-state index contributed by atoms with van der Waals surface area (Å²) in [5.41, 5.74) is 1.60. The van der Waals surface area contributed by atoms with Crippen LogP contribution in [0.2, 0.25) is 5.02 Å². The van der Waals surface area contributed by atoms with E-state index in [0.717, 1.165) is 9.90 Å². The largest absolute Gasteiger partial charge is 0.320 e. The first-order valence-corrected chi connectivity index (χ1v) is 8.88. The van der Waals surface area contributed by atoms with E-state index in [4.69, 9.17) is 11.6 Å². The molecule has 0 fully saturated rings. The summed E-state index contributed by atoms with van der Waals surface area (Å²) >= 11 is 7.53. The first kappa shape index (κ1) is 15.2. The number of anilines is 1. The van der Waals surface area contributed by atoms with Crippen LogP contribution in [0.3, 0.4) is 0 Å². The van der Waals surface area contributed by atoms with Crippen LogP contribution in [0.1, 0.15) is 22.2 Å². The summed E-state index contributed by atoms with van der Waals surface area (Å²) < 4.78 is 0.966. The van der Waals surface area contributed by atoms with Crippen LogP contribution in [0, 0.1) is 6.92 Å². The topological polar surface area (TPSA) is 42.0 Å². The number of carbonyl (C=O) groups is 1. The number of thiazole rings is 1. The number of nitrogens with one attached hydrogen (secondary N) is 1. The van der Waals surface area contributed by atoms with Gasteiger partial charge in [0.2, 0.25) is 0 Å². The number of aromatic nitrogens is 1. The molecule has 0 saturated carbocycles. The van der Waals surface area contributed by atoms with Gasteiger partial charge in [0.15, 0.2) is 0 Å². The van der Waals surface area contributed by atoms with Gasteiger partial charge in [0.05, 0.1) is 16.9 Å². The Morgan fingerprint density at radius 3 is 2.90 bits per heavy atom. The van der Waals surface area contributed by atoms with Gasteiger partial charge >= 0.3 is 0 Å². The Labute approximate surface area is 129 Å². The molecule has 6 heteroatoms. The van der Waals surface area contributed by atoms with Crippen molar-refractivity contribution >= 4 is 50.4 Å². The maximum atomic E-state index is 12.2. The normalized spacial score (nSPS) is 12.4. The molecule has 1 unspecified atom stereocenters. The lowest BCUT2D eigenvalue weighted by Crippen LogP contribution is -2.11. The quantitative estimate of drug-likeness (QED) is 0.847.